The monoisotopic (exact) mass is 1120 g/mol. The van der Waals surface area contributed by atoms with Crippen LogP contribution < -0.4 is 0 Å². The van der Waals surface area contributed by atoms with Crippen LogP contribution in [0.1, 0.15) is 11.1 Å². The van der Waals surface area contributed by atoms with Gasteiger partial charge in [0, 0.05) is 54.9 Å². The van der Waals surface area contributed by atoms with E-state index >= 15 is 0 Å². The van der Waals surface area contributed by atoms with Crippen LogP contribution in [-0.4, -0.2) is 19.9 Å². The molecule has 0 saturated heterocycles. The van der Waals surface area contributed by atoms with Crippen LogP contribution >= 0.6 is 0 Å². The van der Waals surface area contributed by atoms with Crippen LogP contribution in [0.15, 0.2) is 291 Å². The lowest BCUT2D eigenvalue weighted by Crippen LogP contribution is -2.00. The van der Waals surface area contributed by atoms with Crippen molar-refractivity contribution in [2.24, 2.45) is 0 Å². The Hall–Kier alpha value is -12.2. The van der Waals surface area contributed by atoms with Crippen LogP contribution in [0.5, 0.6) is 0 Å². The van der Waals surface area contributed by atoms with E-state index in [0.29, 0.717) is 33.5 Å². The molecule has 0 amide bonds. The second-order valence-corrected chi connectivity index (χ2v) is 22.2. The van der Waals surface area contributed by atoms with Gasteiger partial charge in [0.1, 0.15) is 12.1 Å². The van der Waals surface area contributed by atoms with Crippen molar-refractivity contribution in [1.29, 1.82) is 10.5 Å². The fraction of sp³-hybridized carbons (Fsp3) is 0. The van der Waals surface area contributed by atoms with Crippen LogP contribution in [-0.2, 0) is 0 Å². The minimum absolute atomic E-state index is 0.462. The van der Waals surface area contributed by atoms with Crippen LogP contribution in [0.4, 0.5) is 0 Å². The van der Waals surface area contributed by atoms with Crippen LogP contribution in [0.2, 0.25) is 0 Å². The maximum atomic E-state index is 11.7. The third kappa shape index (κ3) is 8.71. The number of aromatic nitrogens is 4. The first-order chi connectivity index (χ1) is 43.6. The average molecular weight is 1120 g/mol. The lowest BCUT2D eigenvalue weighted by Gasteiger charge is -2.20. The summed E-state index contributed by atoms with van der Waals surface area (Å²) in [6.45, 7) is 0. The Morgan fingerprint density at radius 3 is 0.898 bits per heavy atom. The average Bonchev–Trinajstić information content (AvgIpc) is 0.954. The van der Waals surface area contributed by atoms with Gasteiger partial charge in [-0.3, -0.25) is 0 Å². The molecule has 16 rings (SSSR count). The molecule has 0 spiro atoms. The predicted octanol–water partition coefficient (Wildman–Crippen LogP) is 20.9. The molecular weight excluding hydrogens is 1070 g/mol. The maximum Gasteiger partial charge on any atom is 0.102 e. The van der Waals surface area contributed by atoms with E-state index in [9.17, 15) is 10.5 Å². The Morgan fingerprint density at radius 1 is 0.227 bits per heavy atom. The van der Waals surface area contributed by atoms with Gasteiger partial charge in [0.15, 0.2) is 0 Å². The van der Waals surface area contributed by atoms with Crippen molar-refractivity contribution in [1.82, 2.24) is 19.9 Å². The molecule has 0 fully saturated rings. The van der Waals surface area contributed by atoms with Gasteiger partial charge in [-0.05, 0) is 102 Å². The highest BCUT2D eigenvalue weighted by atomic mass is 14.8. The summed E-state index contributed by atoms with van der Waals surface area (Å²) in [6.07, 6.45) is 0. The molecule has 0 aliphatic carbocycles. The van der Waals surface area contributed by atoms with E-state index in [4.69, 9.17) is 19.9 Å². The lowest BCUT2D eigenvalue weighted by atomic mass is 9.85. The topological polar surface area (TPSA) is 99.1 Å². The molecule has 16 aromatic rings. The number of fused-ring (bicyclic) bond motifs is 8. The van der Waals surface area contributed by atoms with Gasteiger partial charge >= 0.3 is 0 Å². The molecule has 4 heterocycles. The molecule has 0 saturated carbocycles. The van der Waals surface area contributed by atoms with Crippen molar-refractivity contribution < 1.29 is 0 Å². The second kappa shape index (κ2) is 21.4. The molecule has 0 aliphatic heterocycles. The van der Waals surface area contributed by atoms with Gasteiger partial charge in [-0.25, -0.2) is 19.9 Å². The van der Waals surface area contributed by atoms with Gasteiger partial charge in [-0.15, -0.1) is 0 Å². The van der Waals surface area contributed by atoms with E-state index in [1.165, 1.54) is 0 Å². The largest absolute Gasteiger partial charge is 0.245 e. The summed E-state index contributed by atoms with van der Waals surface area (Å²) < 4.78 is 0. The smallest absolute Gasteiger partial charge is 0.102 e. The number of nitrogens with zero attached hydrogens (tertiary/aromatic N) is 6. The van der Waals surface area contributed by atoms with Crippen molar-refractivity contribution in [3.63, 3.8) is 0 Å². The Labute approximate surface area is 507 Å². The molecule has 6 heteroatoms. The van der Waals surface area contributed by atoms with E-state index in [1.54, 1.807) is 0 Å². The Bertz CT molecular complexity index is 5200. The lowest BCUT2D eigenvalue weighted by molar-refractivity contribution is 1.35. The first-order valence-corrected chi connectivity index (χ1v) is 29.4. The number of hydrogen-bond donors (Lipinski definition) is 0. The van der Waals surface area contributed by atoms with Gasteiger partial charge in [0.25, 0.3) is 0 Å². The highest BCUT2D eigenvalue weighted by molar-refractivity contribution is 6.19. The van der Waals surface area contributed by atoms with Gasteiger partial charge < -0.3 is 0 Å². The van der Waals surface area contributed by atoms with Crippen molar-refractivity contribution in [3.8, 4) is 113 Å². The van der Waals surface area contributed by atoms with Crippen LogP contribution in [0.25, 0.3) is 166 Å². The highest BCUT2D eigenvalue weighted by Crippen LogP contribution is 2.48. The zero-order valence-electron chi connectivity index (χ0n) is 47.4. The first-order valence-electron chi connectivity index (χ1n) is 29.4. The minimum atomic E-state index is 0.462. The third-order valence-electron chi connectivity index (χ3n) is 17.1. The number of pyridine rings is 4. The normalized spacial score (nSPS) is 11.4. The van der Waals surface area contributed by atoms with E-state index < -0.39 is 0 Å². The number of hydrogen-bond acceptors (Lipinski definition) is 6. The predicted molar refractivity (Wildman–Crippen MR) is 361 cm³/mol. The van der Waals surface area contributed by atoms with E-state index in [1.807, 2.05) is 109 Å². The summed E-state index contributed by atoms with van der Waals surface area (Å²) in [5.41, 5.74) is 19.6. The Balaban J connectivity index is 0.993. The van der Waals surface area contributed by atoms with Gasteiger partial charge in [0.05, 0.1) is 56.0 Å². The van der Waals surface area contributed by atoms with Crippen molar-refractivity contribution in [3.05, 3.63) is 302 Å². The van der Waals surface area contributed by atoms with E-state index in [0.717, 1.165) is 143 Å². The molecule has 0 N–H and O–H groups in total. The summed E-state index contributed by atoms with van der Waals surface area (Å²) in [4.78, 5) is 22.1. The summed E-state index contributed by atoms with van der Waals surface area (Å²) in [5.74, 6) is 0. The third-order valence-corrected chi connectivity index (χ3v) is 17.1. The zero-order valence-corrected chi connectivity index (χ0v) is 47.4. The minimum Gasteiger partial charge on any atom is -0.245 e. The number of benzene rings is 12. The fourth-order valence-electron chi connectivity index (χ4n) is 13.0. The maximum absolute atomic E-state index is 11.7. The standard InChI is InChI=1S/C82H48N6/c83-49-71-75(65-41-39-63-67(51-23-7-1-8-24-51)47-73(53-27-11-3-12-28-53)85-79(63)81(65)87-77(71)55-31-15-5-16-32-55)69-45-59(43-57-35-19-21-37-61(57)69)60-44-58-36-20-22-38-62(58)70(46-60)76-66-42-40-64-68(52-25-9-2-10-26-52)48-74(54-29-13-4-14-30-54)86-80(64)82(66)88-78(72(76)50-84)56-33-17-6-18-34-56/h1-48H. The molecule has 6 nitrogen and oxygen atoms in total. The molecule has 0 aliphatic rings. The molecule has 0 atom stereocenters. The molecule has 88 heavy (non-hydrogen) atoms. The molecule has 406 valence electrons. The molecule has 0 radical (unpaired) electrons. The molecular formula is C82H48N6. The van der Waals surface area contributed by atoms with Gasteiger partial charge in [-0.1, -0.05) is 255 Å². The first kappa shape index (κ1) is 51.4. The van der Waals surface area contributed by atoms with Crippen LogP contribution in [0, 0.1) is 22.7 Å². The van der Waals surface area contributed by atoms with Crippen LogP contribution in [0.3, 0.4) is 0 Å². The molecule has 12 aromatic carbocycles. The number of nitriles is 2. The van der Waals surface area contributed by atoms with Crippen molar-refractivity contribution >= 4 is 65.2 Å². The summed E-state index contributed by atoms with van der Waals surface area (Å²) in [7, 11) is 0. The van der Waals surface area contributed by atoms with E-state index in [-0.39, 0.29) is 0 Å². The molecule has 0 bridgehead atoms. The summed E-state index contributed by atoms with van der Waals surface area (Å²) in [5, 5.41) is 30.9. The summed E-state index contributed by atoms with van der Waals surface area (Å²) in [6, 6.07) is 106. The second-order valence-electron chi connectivity index (χ2n) is 22.2. The van der Waals surface area contributed by atoms with E-state index in [2.05, 4.69) is 194 Å². The Kier molecular flexibility index (Phi) is 12.5. The fourth-order valence-corrected chi connectivity index (χ4v) is 13.0. The zero-order chi connectivity index (χ0) is 58.7. The van der Waals surface area contributed by atoms with Gasteiger partial charge in [0.2, 0.25) is 0 Å². The Morgan fingerprint density at radius 2 is 0.534 bits per heavy atom. The van der Waals surface area contributed by atoms with Crippen molar-refractivity contribution in [2.45, 2.75) is 0 Å². The number of rotatable bonds is 9. The quantitative estimate of drug-likeness (QED) is 0.134. The van der Waals surface area contributed by atoms with Crippen molar-refractivity contribution in [2.75, 3.05) is 0 Å². The SMILES string of the molecule is N#Cc1c(-c2ccccc2)nc2c(ccc3c(-c4ccccc4)cc(-c4ccccc4)nc32)c1-c1cc(-c2cc(-c3c(C#N)c(-c4ccccc4)nc4c3ccc3c(-c5ccccc5)cc(-c5ccccc5)nc34)c3ccccc3c2)cc2ccccc12. The highest BCUT2D eigenvalue weighted by Gasteiger charge is 2.27. The molecule has 0 unspecified atom stereocenters. The van der Waals surface area contributed by atoms with Gasteiger partial charge in [-0.2, -0.15) is 10.5 Å². The molecule has 4 aromatic heterocycles. The summed E-state index contributed by atoms with van der Waals surface area (Å²) >= 11 is 0.